The molecule has 1 N–H and O–H groups in total. The van der Waals surface area contributed by atoms with Gasteiger partial charge in [-0.15, -0.1) is 0 Å². The predicted octanol–water partition coefficient (Wildman–Crippen LogP) is 4.48. The topological polar surface area (TPSA) is 49.4 Å². The molecule has 140 valence electrons. The average Bonchev–Trinajstić information content (AvgIpc) is 3.06. The fourth-order valence-corrected chi connectivity index (χ4v) is 2.88. The lowest BCUT2D eigenvalue weighted by molar-refractivity contribution is -0.137. The highest BCUT2D eigenvalue weighted by Gasteiger charge is 2.30. The third-order valence-corrected chi connectivity index (χ3v) is 4.17. The van der Waals surface area contributed by atoms with Crippen molar-refractivity contribution >= 4 is 29.3 Å². The number of amides is 2. The van der Waals surface area contributed by atoms with E-state index in [2.05, 4.69) is 5.32 Å². The molecular weight excluding hydrogens is 357 g/mol. The highest BCUT2D eigenvalue weighted by Crippen LogP contribution is 2.30. The van der Waals surface area contributed by atoms with E-state index in [9.17, 15) is 22.8 Å². The summed E-state index contributed by atoms with van der Waals surface area (Å²) in [7, 11) is 0. The van der Waals surface area contributed by atoms with Gasteiger partial charge in [0.2, 0.25) is 11.8 Å². The number of carbonyl (C=O) groups excluding carboxylic acids is 2. The third-order valence-electron chi connectivity index (χ3n) is 4.17. The molecule has 0 saturated carbocycles. The number of carbonyl (C=O) groups is 2. The van der Waals surface area contributed by atoms with Crippen LogP contribution in [0.1, 0.15) is 24.0 Å². The maximum Gasteiger partial charge on any atom is 0.416 e. The molecule has 0 spiro atoms. The minimum absolute atomic E-state index is 0.00351. The van der Waals surface area contributed by atoms with Crippen LogP contribution in [-0.2, 0) is 15.8 Å². The number of nitrogens with zero attached hydrogens (tertiary/aromatic N) is 1. The van der Waals surface area contributed by atoms with Crippen LogP contribution in [0.2, 0.25) is 0 Å². The first-order chi connectivity index (χ1) is 12.8. The number of para-hydroxylation sites is 2. The molecule has 4 nitrogen and oxygen atoms in total. The molecule has 2 aromatic carbocycles. The molecule has 2 amide bonds. The molecule has 1 aliphatic heterocycles. The molecule has 7 heteroatoms. The first-order valence-electron chi connectivity index (χ1n) is 8.40. The monoisotopic (exact) mass is 374 g/mol. The summed E-state index contributed by atoms with van der Waals surface area (Å²) in [6, 6.07) is 11.6. The van der Waals surface area contributed by atoms with Crippen LogP contribution < -0.4 is 10.2 Å². The second-order valence-corrected chi connectivity index (χ2v) is 6.11. The summed E-state index contributed by atoms with van der Waals surface area (Å²) < 4.78 is 38.2. The largest absolute Gasteiger partial charge is 0.416 e. The van der Waals surface area contributed by atoms with Crippen LogP contribution in [0.4, 0.5) is 24.5 Å². The van der Waals surface area contributed by atoms with Gasteiger partial charge in [-0.25, -0.2) is 0 Å². The van der Waals surface area contributed by atoms with Gasteiger partial charge in [-0.3, -0.25) is 9.59 Å². The summed E-state index contributed by atoms with van der Waals surface area (Å²) in [5.41, 5.74) is 0.582. The normalized spacial score (nSPS) is 14.8. The summed E-state index contributed by atoms with van der Waals surface area (Å²) in [5, 5.41) is 2.68. The molecule has 1 aliphatic rings. The van der Waals surface area contributed by atoms with Crippen molar-refractivity contribution in [2.75, 3.05) is 16.8 Å². The first kappa shape index (κ1) is 18.7. The SMILES string of the molecule is O=C(/C=C/c1cccc(C(F)(F)F)c1)Nc1ccccc1N1CCCC1=O. The van der Waals surface area contributed by atoms with Gasteiger partial charge in [0.1, 0.15) is 0 Å². The van der Waals surface area contributed by atoms with Crippen LogP contribution in [0.5, 0.6) is 0 Å². The number of hydrogen-bond donors (Lipinski definition) is 1. The van der Waals surface area contributed by atoms with E-state index in [1.165, 1.54) is 18.2 Å². The molecular formula is C20H17F3N2O2. The van der Waals surface area contributed by atoms with Crippen LogP contribution in [-0.4, -0.2) is 18.4 Å². The molecule has 2 aromatic rings. The molecule has 27 heavy (non-hydrogen) atoms. The molecule has 0 bridgehead atoms. The Kier molecular flexibility index (Phi) is 5.30. The van der Waals surface area contributed by atoms with Gasteiger partial charge in [-0.05, 0) is 42.3 Å². The molecule has 1 heterocycles. The predicted molar refractivity (Wildman–Crippen MR) is 97.1 cm³/mol. The van der Waals surface area contributed by atoms with E-state index >= 15 is 0 Å². The van der Waals surface area contributed by atoms with E-state index in [0.29, 0.717) is 24.3 Å². The number of anilines is 2. The number of rotatable bonds is 4. The van der Waals surface area contributed by atoms with E-state index in [0.717, 1.165) is 24.6 Å². The highest BCUT2D eigenvalue weighted by atomic mass is 19.4. The standard InChI is InChI=1S/C20H17F3N2O2/c21-20(22,23)15-6-3-5-14(13-15)10-11-18(26)24-16-7-1-2-8-17(16)25-12-4-9-19(25)27/h1-3,5-8,10-11,13H,4,9,12H2,(H,24,26)/b11-10+. The Morgan fingerprint density at radius 2 is 1.89 bits per heavy atom. The minimum Gasteiger partial charge on any atom is -0.321 e. The first-order valence-corrected chi connectivity index (χ1v) is 8.40. The Morgan fingerprint density at radius 1 is 1.11 bits per heavy atom. The van der Waals surface area contributed by atoms with Crippen molar-refractivity contribution in [3.8, 4) is 0 Å². The van der Waals surface area contributed by atoms with Crippen LogP contribution >= 0.6 is 0 Å². The van der Waals surface area contributed by atoms with Gasteiger partial charge < -0.3 is 10.2 Å². The van der Waals surface area contributed by atoms with Crippen molar-refractivity contribution in [3.05, 3.63) is 65.7 Å². The van der Waals surface area contributed by atoms with Crippen LogP contribution in [0.15, 0.2) is 54.6 Å². The second kappa shape index (κ2) is 7.65. The summed E-state index contributed by atoms with van der Waals surface area (Å²) >= 11 is 0. The molecule has 3 rings (SSSR count). The van der Waals surface area contributed by atoms with E-state index in [1.807, 2.05) is 0 Å². The molecule has 0 unspecified atom stereocenters. The zero-order valence-electron chi connectivity index (χ0n) is 14.3. The van der Waals surface area contributed by atoms with Crippen molar-refractivity contribution < 1.29 is 22.8 Å². The van der Waals surface area contributed by atoms with Crippen LogP contribution in [0.25, 0.3) is 6.08 Å². The van der Waals surface area contributed by atoms with Gasteiger partial charge in [0, 0.05) is 19.0 Å². The van der Waals surface area contributed by atoms with Gasteiger partial charge in [0.25, 0.3) is 0 Å². The quantitative estimate of drug-likeness (QED) is 0.802. The Labute approximate surface area is 154 Å². The number of nitrogens with one attached hydrogen (secondary N) is 1. The molecule has 0 aromatic heterocycles. The number of alkyl halides is 3. The lowest BCUT2D eigenvalue weighted by Crippen LogP contribution is -2.25. The van der Waals surface area contributed by atoms with Crippen molar-refractivity contribution in [1.29, 1.82) is 0 Å². The fraction of sp³-hybridized carbons (Fsp3) is 0.200. The molecule has 1 fully saturated rings. The smallest absolute Gasteiger partial charge is 0.321 e. The molecule has 0 atom stereocenters. The Morgan fingerprint density at radius 3 is 2.59 bits per heavy atom. The molecule has 1 saturated heterocycles. The zero-order chi connectivity index (χ0) is 19.4. The maximum absolute atomic E-state index is 12.7. The number of hydrogen-bond acceptors (Lipinski definition) is 2. The zero-order valence-corrected chi connectivity index (χ0v) is 14.3. The van der Waals surface area contributed by atoms with Gasteiger partial charge in [0.15, 0.2) is 0 Å². The highest BCUT2D eigenvalue weighted by molar-refractivity contribution is 6.06. The van der Waals surface area contributed by atoms with Gasteiger partial charge in [-0.1, -0.05) is 24.3 Å². The van der Waals surface area contributed by atoms with E-state index in [-0.39, 0.29) is 11.5 Å². The summed E-state index contributed by atoms with van der Waals surface area (Å²) in [5.74, 6) is -0.497. The number of halogens is 3. The average molecular weight is 374 g/mol. The van der Waals surface area contributed by atoms with Gasteiger partial charge in [-0.2, -0.15) is 13.2 Å². The van der Waals surface area contributed by atoms with E-state index < -0.39 is 17.6 Å². The maximum atomic E-state index is 12.7. The van der Waals surface area contributed by atoms with Crippen molar-refractivity contribution in [2.24, 2.45) is 0 Å². The minimum atomic E-state index is -4.44. The lowest BCUT2D eigenvalue weighted by Gasteiger charge is -2.19. The van der Waals surface area contributed by atoms with E-state index in [1.54, 1.807) is 29.2 Å². The lowest BCUT2D eigenvalue weighted by atomic mass is 10.1. The Hall–Kier alpha value is -3.09. The summed E-state index contributed by atoms with van der Waals surface area (Å²) in [4.78, 5) is 25.8. The Bertz CT molecular complexity index is 891. The van der Waals surface area contributed by atoms with E-state index in [4.69, 9.17) is 0 Å². The van der Waals surface area contributed by atoms with Gasteiger partial charge >= 0.3 is 6.18 Å². The van der Waals surface area contributed by atoms with Crippen molar-refractivity contribution in [3.63, 3.8) is 0 Å². The number of benzene rings is 2. The van der Waals surface area contributed by atoms with Crippen molar-refractivity contribution in [1.82, 2.24) is 0 Å². The third kappa shape index (κ3) is 4.55. The van der Waals surface area contributed by atoms with Crippen LogP contribution in [0, 0.1) is 0 Å². The Balaban J connectivity index is 1.74. The van der Waals surface area contributed by atoms with Gasteiger partial charge in [0.05, 0.1) is 16.9 Å². The van der Waals surface area contributed by atoms with Crippen LogP contribution in [0.3, 0.4) is 0 Å². The molecule has 0 radical (unpaired) electrons. The van der Waals surface area contributed by atoms with Crippen molar-refractivity contribution in [2.45, 2.75) is 19.0 Å². The molecule has 0 aliphatic carbocycles. The fourth-order valence-electron chi connectivity index (χ4n) is 2.88. The summed E-state index contributed by atoms with van der Waals surface area (Å²) in [6.45, 7) is 0.589. The summed E-state index contributed by atoms with van der Waals surface area (Å²) in [6.07, 6.45) is -0.728. The second-order valence-electron chi connectivity index (χ2n) is 6.11.